The number of benzene rings is 2. The summed E-state index contributed by atoms with van der Waals surface area (Å²) in [4.78, 5) is 22.7. The van der Waals surface area contributed by atoms with Crippen LogP contribution in [-0.2, 0) is 14.3 Å². The van der Waals surface area contributed by atoms with E-state index in [9.17, 15) is 22.8 Å². The molecule has 1 N–H and O–H groups in total. The molecule has 0 aromatic heterocycles. The molecule has 0 unspecified atom stereocenters. The Hall–Kier alpha value is -3.03. The zero-order chi connectivity index (χ0) is 18.6. The fourth-order valence-electron chi connectivity index (χ4n) is 2.12. The molecule has 5 nitrogen and oxygen atoms in total. The van der Waals surface area contributed by atoms with Crippen LogP contribution in [0.15, 0.2) is 42.5 Å². The van der Waals surface area contributed by atoms with Crippen LogP contribution in [0.3, 0.4) is 0 Å². The molecule has 0 atom stereocenters. The fourth-order valence-corrected chi connectivity index (χ4v) is 2.12. The van der Waals surface area contributed by atoms with Crippen LogP contribution in [0.1, 0.15) is 5.56 Å². The van der Waals surface area contributed by atoms with Gasteiger partial charge in [-0.3, -0.25) is 4.79 Å². The van der Waals surface area contributed by atoms with E-state index in [1.165, 1.54) is 24.3 Å². The summed E-state index contributed by atoms with van der Waals surface area (Å²) in [7, 11) is 1.09. The number of hydrogen-bond donors (Lipinski definition) is 1. The summed E-state index contributed by atoms with van der Waals surface area (Å²) >= 11 is 0. The minimum atomic E-state index is -4.75. The van der Waals surface area contributed by atoms with Crippen LogP contribution in [0.25, 0.3) is 11.1 Å². The van der Waals surface area contributed by atoms with Crippen LogP contribution in [-0.4, -0.2) is 25.3 Å². The second-order valence-corrected chi connectivity index (χ2v) is 5.05. The summed E-state index contributed by atoms with van der Waals surface area (Å²) in [6.07, 6.45) is -4.75. The number of hydrogen-bond acceptors (Lipinski definition) is 4. The number of alkyl halides is 3. The average Bonchev–Trinajstić information content (AvgIpc) is 2.55. The van der Waals surface area contributed by atoms with E-state index in [-0.39, 0.29) is 5.75 Å². The molecule has 1 amide bonds. The standard InChI is InChI=1S/C17H14F3NO4/c1-10-3-6-12(21-15(22)16(23)24-2)9-14(10)11-4-7-13(8-5-11)25-17(18,19)20/h3-9H,1-2H3,(H,21,22). The highest BCUT2D eigenvalue weighted by Gasteiger charge is 2.31. The van der Waals surface area contributed by atoms with E-state index in [4.69, 9.17) is 0 Å². The Bertz CT molecular complexity index is 785. The van der Waals surface area contributed by atoms with E-state index >= 15 is 0 Å². The minimum absolute atomic E-state index is 0.330. The minimum Gasteiger partial charge on any atom is -0.462 e. The van der Waals surface area contributed by atoms with Gasteiger partial charge < -0.3 is 14.8 Å². The largest absolute Gasteiger partial charge is 0.573 e. The summed E-state index contributed by atoms with van der Waals surface area (Å²) in [6.45, 7) is 1.81. The Balaban J connectivity index is 2.25. The van der Waals surface area contributed by atoms with Crippen LogP contribution < -0.4 is 10.1 Å². The number of aryl methyl sites for hydroxylation is 1. The highest BCUT2D eigenvalue weighted by molar-refractivity contribution is 6.37. The van der Waals surface area contributed by atoms with Crippen molar-refractivity contribution in [1.29, 1.82) is 0 Å². The Morgan fingerprint density at radius 3 is 2.24 bits per heavy atom. The van der Waals surface area contributed by atoms with Gasteiger partial charge in [-0.2, -0.15) is 0 Å². The van der Waals surface area contributed by atoms with Gasteiger partial charge in [-0.25, -0.2) is 4.79 Å². The molecule has 0 saturated heterocycles. The summed E-state index contributed by atoms with van der Waals surface area (Å²) < 4.78 is 44.7. The molecule has 25 heavy (non-hydrogen) atoms. The maximum atomic E-state index is 12.2. The third-order valence-electron chi connectivity index (χ3n) is 3.27. The Kier molecular flexibility index (Phi) is 5.31. The third kappa shape index (κ3) is 4.97. The van der Waals surface area contributed by atoms with Gasteiger partial charge in [0.05, 0.1) is 7.11 Å². The topological polar surface area (TPSA) is 64.6 Å². The number of ether oxygens (including phenoxy) is 2. The molecule has 0 radical (unpaired) electrons. The second-order valence-electron chi connectivity index (χ2n) is 5.05. The van der Waals surface area contributed by atoms with Crippen molar-refractivity contribution in [1.82, 2.24) is 0 Å². The van der Waals surface area contributed by atoms with Crippen molar-refractivity contribution in [2.45, 2.75) is 13.3 Å². The number of methoxy groups -OCH3 is 1. The molecule has 0 aliphatic heterocycles. The highest BCUT2D eigenvalue weighted by Crippen LogP contribution is 2.30. The number of halogens is 3. The number of carbonyl (C=O) groups excluding carboxylic acids is 2. The van der Waals surface area contributed by atoms with Crippen molar-refractivity contribution in [3.63, 3.8) is 0 Å². The Morgan fingerprint density at radius 1 is 1.04 bits per heavy atom. The Morgan fingerprint density at radius 2 is 1.68 bits per heavy atom. The smallest absolute Gasteiger partial charge is 0.462 e. The molecular weight excluding hydrogens is 339 g/mol. The maximum absolute atomic E-state index is 12.2. The van der Waals surface area contributed by atoms with Gasteiger partial charge in [0.15, 0.2) is 0 Å². The summed E-state index contributed by atoms with van der Waals surface area (Å²) in [5.41, 5.74) is 2.49. The number of anilines is 1. The maximum Gasteiger partial charge on any atom is 0.573 e. The zero-order valence-electron chi connectivity index (χ0n) is 13.3. The normalized spacial score (nSPS) is 10.9. The molecule has 0 aliphatic carbocycles. The quantitative estimate of drug-likeness (QED) is 0.675. The van der Waals surface area contributed by atoms with Crippen molar-refractivity contribution < 1.29 is 32.2 Å². The van der Waals surface area contributed by atoms with Gasteiger partial charge in [-0.1, -0.05) is 18.2 Å². The monoisotopic (exact) mass is 353 g/mol. The van der Waals surface area contributed by atoms with Gasteiger partial charge in [0.1, 0.15) is 5.75 Å². The second kappa shape index (κ2) is 7.25. The predicted molar refractivity (Wildman–Crippen MR) is 83.9 cm³/mol. The summed E-state index contributed by atoms with van der Waals surface area (Å²) in [5.74, 6) is -2.29. The molecule has 0 saturated carbocycles. The third-order valence-corrected chi connectivity index (χ3v) is 3.27. The lowest BCUT2D eigenvalue weighted by atomic mass is 10.00. The van der Waals surface area contributed by atoms with E-state index in [2.05, 4.69) is 14.8 Å². The molecule has 0 aliphatic rings. The van der Waals surface area contributed by atoms with Gasteiger partial charge in [0.2, 0.25) is 0 Å². The predicted octanol–water partition coefficient (Wildman–Crippen LogP) is 3.67. The lowest BCUT2D eigenvalue weighted by Gasteiger charge is -2.12. The number of amides is 1. The van der Waals surface area contributed by atoms with Crippen LogP contribution in [0.5, 0.6) is 5.75 Å². The van der Waals surface area contributed by atoms with Crippen LogP contribution >= 0.6 is 0 Å². The van der Waals surface area contributed by atoms with Crippen LogP contribution in [0.4, 0.5) is 18.9 Å². The molecule has 8 heteroatoms. The van der Waals surface area contributed by atoms with Crippen LogP contribution in [0.2, 0.25) is 0 Å². The number of carbonyl (C=O) groups is 2. The van der Waals surface area contributed by atoms with Crippen molar-refractivity contribution in [3.8, 4) is 16.9 Å². The average molecular weight is 353 g/mol. The van der Waals surface area contributed by atoms with E-state index < -0.39 is 18.2 Å². The van der Waals surface area contributed by atoms with Crippen molar-refractivity contribution in [2.75, 3.05) is 12.4 Å². The molecular formula is C17H14F3NO4. The van der Waals surface area contributed by atoms with E-state index in [0.717, 1.165) is 12.7 Å². The van der Waals surface area contributed by atoms with E-state index in [1.54, 1.807) is 25.1 Å². The van der Waals surface area contributed by atoms with Crippen molar-refractivity contribution in [2.24, 2.45) is 0 Å². The van der Waals surface area contributed by atoms with E-state index in [0.29, 0.717) is 16.8 Å². The van der Waals surface area contributed by atoms with Gasteiger partial charge in [0.25, 0.3) is 0 Å². The SMILES string of the molecule is COC(=O)C(=O)Nc1ccc(C)c(-c2ccc(OC(F)(F)F)cc2)c1. The molecule has 2 rings (SSSR count). The molecule has 0 bridgehead atoms. The molecule has 0 spiro atoms. The molecule has 2 aromatic rings. The summed E-state index contributed by atoms with van der Waals surface area (Å²) in [5, 5.41) is 2.39. The highest BCUT2D eigenvalue weighted by atomic mass is 19.4. The fraction of sp³-hybridized carbons (Fsp3) is 0.176. The van der Waals surface area contributed by atoms with Gasteiger partial charge in [0, 0.05) is 5.69 Å². The zero-order valence-corrected chi connectivity index (χ0v) is 13.3. The Labute approximate surface area is 141 Å². The number of rotatable bonds is 3. The molecule has 2 aromatic carbocycles. The number of nitrogens with one attached hydrogen (secondary N) is 1. The lowest BCUT2D eigenvalue weighted by molar-refractivity contribution is -0.274. The van der Waals surface area contributed by atoms with Crippen molar-refractivity contribution >= 4 is 17.6 Å². The molecule has 0 fully saturated rings. The molecule has 132 valence electrons. The van der Waals surface area contributed by atoms with Gasteiger partial charge in [-0.05, 0) is 47.9 Å². The first-order chi connectivity index (χ1) is 11.7. The first-order valence-electron chi connectivity index (χ1n) is 7.06. The number of esters is 1. The van der Waals surface area contributed by atoms with Crippen LogP contribution in [0, 0.1) is 6.92 Å². The van der Waals surface area contributed by atoms with Gasteiger partial charge >= 0.3 is 18.2 Å². The molecule has 0 heterocycles. The van der Waals surface area contributed by atoms with Crippen molar-refractivity contribution in [3.05, 3.63) is 48.0 Å². The first-order valence-corrected chi connectivity index (χ1v) is 7.06. The summed E-state index contributed by atoms with van der Waals surface area (Å²) in [6, 6.07) is 10.2. The van der Waals surface area contributed by atoms with E-state index in [1.807, 2.05) is 0 Å². The van der Waals surface area contributed by atoms with Gasteiger partial charge in [-0.15, -0.1) is 13.2 Å². The lowest BCUT2D eigenvalue weighted by Crippen LogP contribution is -2.23. The first kappa shape index (κ1) is 18.3.